The van der Waals surface area contributed by atoms with E-state index in [-0.39, 0.29) is 17.1 Å². The van der Waals surface area contributed by atoms with E-state index >= 15 is 0 Å². The molecule has 1 N–H and O–H groups in total. The highest BCUT2D eigenvalue weighted by Gasteiger charge is 2.19. The summed E-state index contributed by atoms with van der Waals surface area (Å²) in [6.45, 7) is 3.59. The second-order valence-electron chi connectivity index (χ2n) is 7.14. The van der Waals surface area contributed by atoms with Crippen LogP contribution in [0.3, 0.4) is 0 Å². The topological polar surface area (TPSA) is 66.5 Å². The average Bonchev–Trinajstić information content (AvgIpc) is 2.68. The van der Waals surface area contributed by atoms with Gasteiger partial charge in [-0.05, 0) is 56.5 Å². The molecular weight excluding hydrogens is 379 g/mol. The minimum atomic E-state index is -3.55. The third-order valence-electron chi connectivity index (χ3n) is 4.91. The number of nitrogens with zero attached hydrogens (tertiary/aromatic N) is 1. The minimum Gasteiger partial charge on any atom is -0.370 e. The molecule has 1 amide bonds. The Morgan fingerprint density at radius 3 is 2.43 bits per heavy atom. The molecule has 2 aromatic rings. The molecule has 0 aliphatic carbocycles. The van der Waals surface area contributed by atoms with Gasteiger partial charge < -0.3 is 10.2 Å². The Bertz CT molecular complexity index is 937. The molecule has 0 bridgehead atoms. The van der Waals surface area contributed by atoms with Gasteiger partial charge in [0.2, 0.25) is 5.91 Å². The van der Waals surface area contributed by atoms with Gasteiger partial charge in [0.15, 0.2) is 9.84 Å². The van der Waals surface area contributed by atoms with Crippen molar-refractivity contribution in [3.63, 3.8) is 0 Å². The molecule has 2 aromatic carbocycles. The van der Waals surface area contributed by atoms with Crippen LogP contribution in [0.4, 0.5) is 15.8 Å². The van der Waals surface area contributed by atoms with Crippen molar-refractivity contribution in [2.75, 3.05) is 29.1 Å². The Morgan fingerprint density at radius 2 is 1.75 bits per heavy atom. The molecule has 0 atom stereocenters. The summed E-state index contributed by atoms with van der Waals surface area (Å²) < 4.78 is 38.6. The predicted octanol–water partition coefficient (Wildman–Crippen LogP) is 3.93. The molecule has 0 aromatic heterocycles. The summed E-state index contributed by atoms with van der Waals surface area (Å²) >= 11 is 0. The Morgan fingerprint density at radius 1 is 1.07 bits per heavy atom. The molecule has 0 saturated carbocycles. The molecule has 1 saturated heterocycles. The summed E-state index contributed by atoms with van der Waals surface area (Å²) in [5.41, 5.74) is 2.13. The largest absolute Gasteiger partial charge is 0.370 e. The van der Waals surface area contributed by atoms with Gasteiger partial charge in [-0.1, -0.05) is 17.7 Å². The van der Waals surface area contributed by atoms with Crippen LogP contribution < -0.4 is 10.2 Å². The quantitative estimate of drug-likeness (QED) is 0.792. The van der Waals surface area contributed by atoms with Gasteiger partial charge in [-0.2, -0.15) is 0 Å². The Kier molecular flexibility index (Phi) is 6.34. The van der Waals surface area contributed by atoms with E-state index in [0.717, 1.165) is 43.6 Å². The van der Waals surface area contributed by atoms with Crippen LogP contribution in [0.2, 0.25) is 0 Å². The first kappa shape index (κ1) is 20.3. The first-order valence-corrected chi connectivity index (χ1v) is 11.1. The van der Waals surface area contributed by atoms with E-state index in [9.17, 15) is 17.6 Å². The van der Waals surface area contributed by atoms with E-state index in [1.54, 1.807) is 30.3 Å². The zero-order chi connectivity index (χ0) is 20.1. The molecule has 28 heavy (non-hydrogen) atoms. The maximum Gasteiger partial charge on any atom is 0.225 e. The lowest BCUT2D eigenvalue weighted by molar-refractivity contribution is -0.115. The molecule has 5 nitrogen and oxygen atoms in total. The summed E-state index contributed by atoms with van der Waals surface area (Å²) in [5, 5.41) is 2.70. The smallest absolute Gasteiger partial charge is 0.225 e. The second kappa shape index (κ2) is 8.73. The molecule has 1 aliphatic heterocycles. The number of halogens is 1. The Hall–Kier alpha value is -2.41. The number of carbonyl (C=O) groups excluding carboxylic acids is 1. The van der Waals surface area contributed by atoms with Gasteiger partial charge >= 0.3 is 0 Å². The van der Waals surface area contributed by atoms with Crippen molar-refractivity contribution in [1.29, 1.82) is 0 Å². The van der Waals surface area contributed by atoms with Crippen LogP contribution in [-0.4, -0.2) is 33.2 Å². The van der Waals surface area contributed by atoms with E-state index < -0.39 is 21.6 Å². The van der Waals surface area contributed by atoms with Crippen molar-refractivity contribution in [2.24, 2.45) is 0 Å². The second-order valence-corrected chi connectivity index (χ2v) is 9.25. The number of anilines is 2. The molecule has 0 radical (unpaired) electrons. The normalized spacial score (nSPS) is 14.7. The van der Waals surface area contributed by atoms with Crippen molar-refractivity contribution in [1.82, 2.24) is 0 Å². The van der Waals surface area contributed by atoms with Crippen LogP contribution in [0.1, 0.15) is 31.2 Å². The number of carbonyl (C=O) groups is 1. The standard InChI is InChI=1S/C21H25FN2O3S/c1-16-5-8-18(9-6-16)28(26,27)14-11-21(25)23-19-15-17(22)7-10-20(19)24-12-3-2-4-13-24/h5-10,15H,2-4,11-14H2,1H3,(H,23,25). The summed E-state index contributed by atoms with van der Waals surface area (Å²) in [6.07, 6.45) is 3.08. The zero-order valence-corrected chi connectivity index (χ0v) is 16.8. The van der Waals surface area contributed by atoms with Gasteiger partial charge in [-0.3, -0.25) is 4.79 Å². The molecule has 0 spiro atoms. The lowest BCUT2D eigenvalue weighted by Crippen LogP contribution is -2.30. The van der Waals surface area contributed by atoms with E-state index in [1.807, 2.05) is 6.92 Å². The van der Waals surface area contributed by atoms with Crippen molar-refractivity contribution >= 4 is 27.1 Å². The lowest BCUT2D eigenvalue weighted by Gasteiger charge is -2.30. The van der Waals surface area contributed by atoms with Crippen LogP contribution in [0.5, 0.6) is 0 Å². The van der Waals surface area contributed by atoms with Crippen LogP contribution in [0.25, 0.3) is 0 Å². The van der Waals surface area contributed by atoms with Gasteiger partial charge in [-0.25, -0.2) is 12.8 Å². The molecule has 1 fully saturated rings. The van der Waals surface area contributed by atoms with Crippen molar-refractivity contribution in [3.05, 3.63) is 53.8 Å². The SMILES string of the molecule is Cc1ccc(S(=O)(=O)CCC(=O)Nc2cc(F)ccc2N2CCCCC2)cc1. The third-order valence-corrected chi connectivity index (χ3v) is 6.64. The first-order valence-electron chi connectivity index (χ1n) is 9.49. The maximum absolute atomic E-state index is 13.7. The molecule has 0 unspecified atom stereocenters. The number of benzene rings is 2. The summed E-state index contributed by atoms with van der Waals surface area (Å²) in [7, 11) is -3.55. The maximum atomic E-state index is 13.7. The number of sulfone groups is 1. The van der Waals surface area contributed by atoms with Gasteiger partial charge in [0, 0.05) is 19.5 Å². The number of hydrogen-bond acceptors (Lipinski definition) is 4. The lowest BCUT2D eigenvalue weighted by atomic mass is 10.1. The molecule has 1 heterocycles. The Balaban J connectivity index is 1.67. The molecular formula is C21H25FN2O3S. The number of hydrogen-bond donors (Lipinski definition) is 1. The number of nitrogens with one attached hydrogen (secondary N) is 1. The van der Waals surface area contributed by atoms with Crippen molar-refractivity contribution in [2.45, 2.75) is 37.5 Å². The zero-order valence-electron chi connectivity index (χ0n) is 15.9. The van der Waals surface area contributed by atoms with Crippen LogP contribution >= 0.6 is 0 Å². The van der Waals surface area contributed by atoms with Crippen molar-refractivity contribution in [3.8, 4) is 0 Å². The van der Waals surface area contributed by atoms with E-state index in [4.69, 9.17) is 0 Å². The molecule has 1 aliphatic rings. The fourth-order valence-electron chi connectivity index (χ4n) is 3.32. The predicted molar refractivity (Wildman–Crippen MR) is 109 cm³/mol. The number of piperidine rings is 1. The van der Waals surface area contributed by atoms with Crippen LogP contribution in [-0.2, 0) is 14.6 Å². The first-order chi connectivity index (χ1) is 13.3. The summed E-state index contributed by atoms with van der Waals surface area (Å²) in [5.74, 6) is -1.18. The number of aryl methyl sites for hydroxylation is 1. The van der Waals surface area contributed by atoms with E-state index in [0.29, 0.717) is 5.69 Å². The van der Waals surface area contributed by atoms with Crippen LogP contribution in [0, 0.1) is 12.7 Å². The van der Waals surface area contributed by atoms with Crippen LogP contribution in [0.15, 0.2) is 47.4 Å². The molecule has 150 valence electrons. The van der Waals surface area contributed by atoms with Gasteiger partial charge in [0.05, 0.1) is 22.0 Å². The average molecular weight is 405 g/mol. The molecule has 7 heteroatoms. The molecule has 3 rings (SSSR count). The van der Waals surface area contributed by atoms with Gasteiger partial charge in [-0.15, -0.1) is 0 Å². The third kappa shape index (κ3) is 5.10. The highest BCUT2D eigenvalue weighted by molar-refractivity contribution is 7.91. The number of amides is 1. The van der Waals surface area contributed by atoms with E-state index in [2.05, 4.69) is 10.2 Å². The highest BCUT2D eigenvalue weighted by Crippen LogP contribution is 2.29. The monoisotopic (exact) mass is 404 g/mol. The summed E-state index contributed by atoms with van der Waals surface area (Å²) in [6, 6.07) is 10.9. The summed E-state index contributed by atoms with van der Waals surface area (Å²) in [4.78, 5) is 14.7. The fraction of sp³-hybridized carbons (Fsp3) is 0.381. The van der Waals surface area contributed by atoms with Gasteiger partial charge in [0.25, 0.3) is 0 Å². The highest BCUT2D eigenvalue weighted by atomic mass is 32.2. The minimum absolute atomic E-state index is 0.188. The van der Waals surface area contributed by atoms with Crippen molar-refractivity contribution < 1.29 is 17.6 Å². The fourth-order valence-corrected chi connectivity index (χ4v) is 4.56. The van der Waals surface area contributed by atoms with E-state index in [1.165, 1.54) is 12.1 Å². The Labute approximate surface area is 165 Å². The number of rotatable bonds is 6. The van der Waals surface area contributed by atoms with Gasteiger partial charge in [0.1, 0.15) is 5.82 Å².